The lowest BCUT2D eigenvalue weighted by atomic mass is 10.0. The molecule has 2 aromatic rings. The molecule has 0 fully saturated rings. The van der Waals surface area contributed by atoms with E-state index in [1.165, 1.54) is 11.8 Å². The van der Waals surface area contributed by atoms with Crippen molar-refractivity contribution < 1.29 is 29.1 Å². The number of carboxylic acids is 1. The average molecular weight is 507 g/mol. The van der Waals surface area contributed by atoms with Gasteiger partial charge in [0.15, 0.2) is 0 Å². The maximum atomic E-state index is 13.0. The minimum atomic E-state index is -1.21. The molecule has 35 heavy (non-hydrogen) atoms. The summed E-state index contributed by atoms with van der Waals surface area (Å²) in [5.74, 6) is -3.54. The van der Waals surface area contributed by atoms with Crippen LogP contribution in [0.3, 0.4) is 0 Å². The maximum absolute atomic E-state index is 13.0. The predicted octanol–water partition coefficient (Wildman–Crippen LogP) is -1.16. The number of aromatic nitrogens is 1. The number of carbonyl (C=O) groups excluding carboxylic acids is 4. The second kappa shape index (κ2) is 13.3. The first kappa shape index (κ1) is 27.7. The summed E-state index contributed by atoms with van der Waals surface area (Å²) in [6, 6.07) is 3.96. The number of aromatic amines is 1. The van der Waals surface area contributed by atoms with Crippen LogP contribution in [0.15, 0.2) is 30.5 Å². The van der Waals surface area contributed by atoms with E-state index in [9.17, 15) is 29.1 Å². The van der Waals surface area contributed by atoms with E-state index in [2.05, 4.69) is 20.9 Å². The van der Waals surface area contributed by atoms with Crippen LogP contribution in [0.1, 0.15) is 18.4 Å². The minimum Gasteiger partial charge on any atom is -0.480 e. The number of H-pyrrole nitrogens is 1. The highest BCUT2D eigenvalue weighted by atomic mass is 32.2. The van der Waals surface area contributed by atoms with E-state index in [1.54, 1.807) is 6.20 Å². The van der Waals surface area contributed by atoms with Gasteiger partial charge in [-0.1, -0.05) is 18.2 Å². The van der Waals surface area contributed by atoms with Gasteiger partial charge in [0.25, 0.3) is 0 Å². The molecule has 0 aliphatic heterocycles. The fourth-order valence-electron chi connectivity index (χ4n) is 3.35. The summed E-state index contributed by atoms with van der Waals surface area (Å²) < 4.78 is 0. The number of nitrogens with two attached hydrogens (primary N) is 2. The highest BCUT2D eigenvalue weighted by molar-refractivity contribution is 7.98. The summed E-state index contributed by atoms with van der Waals surface area (Å²) in [4.78, 5) is 63.1. The predicted molar refractivity (Wildman–Crippen MR) is 131 cm³/mol. The molecular weight excluding hydrogens is 476 g/mol. The van der Waals surface area contributed by atoms with Gasteiger partial charge in [0.05, 0.1) is 19.0 Å². The Hall–Kier alpha value is -3.58. The van der Waals surface area contributed by atoms with Crippen LogP contribution in [0.25, 0.3) is 10.9 Å². The number of fused-ring (bicyclic) bond motifs is 1. The summed E-state index contributed by atoms with van der Waals surface area (Å²) >= 11 is 1.45. The Morgan fingerprint density at radius 3 is 2.46 bits per heavy atom. The van der Waals surface area contributed by atoms with Crippen molar-refractivity contribution in [2.24, 2.45) is 11.5 Å². The van der Waals surface area contributed by atoms with Gasteiger partial charge in [-0.3, -0.25) is 19.2 Å². The Labute approximate surface area is 205 Å². The van der Waals surface area contributed by atoms with Crippen molar-refractivity contribution in [1.82, 2.24) is 20.9 Å². The van der Waals surface area contributed by atoms with E-state index in [0.717, 1.165) is 16.5 Å². The molecule has 1 aromatic carbocycles. The smallest absolute Gasteiger partial charge is 0.326 e. The van der Waals surface area contributed by atoms with Crippen molar-refractivity contribution in [1.29, 1.82) is 0 Å². The Bertz CT molecular complexity index is 1070. The molecule has 0 saturated carbocycles. The standard InChI is InChI=1S/C22H30N6O6S/c1-35-7-6-16(22(33)34)28-21(32)17(8-12-10-25-15-5-3-2-4-13(12)15)27-19(30)11-26-20(31)14(23)9-18(24)29/h2-5,10,14,16-17,25H,6-9,11,23H2,1H3,(H2,24,29)(H,26,31)(H,27,30)(H,28,32)(H,33,34). The number of thioether (sulfide) groups is 1. The van der Waals surface area contributed by atoms with Crippen molar-refractivity contribution >= 4 is 52.3 Å². The SMILES string of the molecule is CSCCC(NC(=O)C(Cc1c[nH]c2ccccc12)NC(=O)CNC(=O)C(N)CC(N)=O)C(=O)O. The van der Waals surface area contributed by atoms with Gasteiger partial charge in [-0.05, 0) is 30.1 Å². The van der Waals surface area contributed by atoms with Crippen LogP contribution in [0.2, 0.25) is 0 Å². The summed E-state index contributed by atoms with van der Waals surface area (Å²) in [5.41, 5.74) is 12.1. The van der Waals surface area contributed by atoms with Gasteiger partial charge < -0.3 is 37.5 Å². The van der Waals surface area contributed by atoms with Crippen LogP contribution < -0.4 is 27.4 Å². The van der Waals surface area contributed by atoms with Gasteiger partial charge >= 0.3 is 5.97 Å². The molecule has 13 heteroatoms. The third kappa shape index (κ3) is 8.61. The molecule has 1 aromatic heterocycles. The molecular formula is C22H30N6O6S. The highest BCUT2D eigenvalue weighted by Crippen LogP contribution is 2.19. The molecule has 0 aliphatic carbocycles. The van der Waals surface area contributed by atoms with Gasteiger partial charge in [-0.2, -0.15) is 11.8 Å². The van der Waals surface area contributed by atoms with E-state index in [-0.39, 0.29) is 19.3 Å². The number of primary amides is 1. The Morgan fingerprint density at radius 2 is 1.80 bits per heavy atom. The average Bonchev–Trinajstić information content (AvgIpc) is 3.21. The van der Waals surface area contributed by atoms with Crippen LogP contribution in [0.5, 0.6) is 0 Å². The number of benzene rings is 1. The van der Waals surface area contributed by atoms with E-state index >= 15 is 0 Å². The lowest BCUT2D eigenvalue weighted by molar-refractivity contribution is -0.142. The zero-order valence-corrected chi connectivity index (χ0v) is 20.0. The van der Waals surface area contributed by atoms with Crippen molar-refractivity contribution in [3.8, 4) is 0 Å². The normalized spacial score (nSPS) is 13.4. The number of rotatable bonds is 14. The molecule has 190 valence electrons. The number of carboxylic acid groups (broad SMARTS) is 1. The molecule has 0 aliphatic rings. The van der Waals surface area contributed by atoms with Gasteiger partial charge in [-0.25, -0.2) is 4.79 Å². The zero-order valence-electron chi connectivity index (χ0n) is 19.2. The lowest BCUT2D eigenvalue weighted by Crippen LogP contribution is -2.54. The molecule has 2 rings (SSSR count). The van der Waals surface area contributed by atoms with Crippen LogP contribution in [0.4, 0.5) is 0 Å². The van der Waals surface area contributed by atoms with Crippen molar-refractivity contribution in [3.63, 3.8) is 0 Å². The maximum Gasteiger partial charge on any atom is 0.326 e. The largest absolute Gasteiger partial charge is 0.480 e. The molecule has 0 spiro atoms. The number of hydrogen-bond donors (Lipinski definition) is 7. The fourth-order valence-corrected chi connectivity index (χ4v) is 3.82. The fraction of sp³-hybridized carbons (Fsp3) is 0.409. The number of amides is 4. The lowest BCUT2D eigenvalue weighted by Gasteiger charge is -2.21. The van der Waals surface area contributed by atoms with Crippen molar-refractivity contribution in [2.75, 3.05) is 18.6 Å². The third-order valence-corrected chi connectivity index (χ3v) is 5.80. The molecule has 0 bridgehead atoms. The zero-order chi connectivity index (χ0) is 26.0. The molecule has 1 heterocycles. The van der Waals surface area contributed by atoms with Gasteiger partial charge in [-0.15, -0.1) is 0 Å². The van der Waals surface area contributed by atoms with Crippen molar-refractivity contribution in [3.05, 3.63) is 36.0 Å². The Kier molecular flexibility index (Phi) is 10.5. The highest BCUT2D eigenvalue weighted by Gasteiger charge is 2.27. The molecule has 3 atom stereocenters. The first-order valence-corrected chi connectivity index (χ1v) is 12.2. The van der Waals surface area contributed by atoms with E-state index in [1.807, 2.05) is 30.5 Å². The van der Waals surface area contributed by atoms with Crippen LogP contribution in [-0.2, 0) is 30.4 Å². The topological polar surface area (TPSA) is 210 Å². The van der Waals surface area contributed by atoms with Crippen LogP contribution in [0, 0.1) is 0 Å². The summed E-state index contributed by atoms with van der Waals surface area (Å²) in [7, 11) is 0. The van der Waals surface area contributed by atoms with E-state index in [0.29, 0.717) is 5.75 Å². The van der Waals surface area contributed by atoms with E-state index < -0.39 is 54.3 Å². The monoisotopic (exact) mass is 506 g/mol. The first-order chi connectivity index (χ1) is 16.6. The van der Waals surface area contributed by atoms with Crippen LogP contribution >= 0.6 is 11.8 Å². The first-order valence-electron chi connectivity index (χ1n) is 10.8. The second-order valence-electron chi connectivity index (χ2n) is 7.86. The van der Waals surface area contributed by atoms with Gasteiger partial charge in [0, 0.05) is 23.5 Å². The van der Waals surface area contributed by atoms with Crippen molar-refractivity contribution in [2.45, 2.75) is 37.4 Å². The third-order valence-electron chi connectivity index (χ3n) is 5.16. The summed E-state index contributed by atoms with van der Waals surface area (Å²) in [5, 5.41) is 17.6. The summed E-state index contributed by atoms with van der Waals surface area (Å²) in [6.07, 6.45) is 3.44. The number of hydrogen-bond acceptors (Lipinski definition) is 7. The number of nitrogens with one attached hydrogen (secondary N) is 4. The summed E-state index contributed by atoms with van der Waals surface area (Å²) in [6.45, 7) is -0.502. The molecule has 0 radical (unpaired) electrons. The molecule has 9 N–H and O–H groups in total. The molecule has 4 amide bonds. The quantitative estimate of drug-likeness (QED) is 0.166. The Morgan fingerprint density at radius 1 is 1.09 bits per heavy atom. The second-order valence-corrected chi connectivity index (χ2v) is 8.84. The number of para-hydroxylation sites is 1. The number of carbonyl (C=O) groups is 5. The molecule has 0 saturated heterocycles. The molecule has 12 nitrogen and oxygen atoms in total. The van der Waals surface area contributed by atoms with Gasteiger partial charge in [0.1, 0.15) is 12.1 Å². The van der Waals surface area contributed by atoms with Crippen LogP contribution in [-0.4, -0.2) is 76.4 Å². The van der Waals surface area contributed by atoms with Gasteiger partial charge in [0.2, 0.25) is 23.6 Å². The number of aliphatic carboxylic acids is 1. The van der Waals surface area contributed by atoms with E-state index in [4.69, 9.17) is 11.5 Å². The Balaban J connectivity index is 2.13. The minimum absolute atomic E-state index is 0.0750. The molecule has 3 unspecified atom stereocenters.